The van der Waals surface area contributed by atoms with Crippen LogP contribution in [0.2, 0.25) is 0 Å². The SMILES string of the molecule is CN=C(NCCNC(=O)OC(C)(C)C)NCC(C)(C)OC.I. The topological polar surface area (TPSA) is 84.0 Å². The first kappa shape index (κ1) is 23.5. The van der Waals surface area contributed by atoms with Gasteiger partial charge in [0, 0.05) is 33.8 Å². The largest absolute Gasteiger partial charge is 0.444 e. The summed E-state index contributed by atoms with van der Waals surface area (Å²) in [7, 11) is 3.36. The second-order valence-corrected chi connectivity index (χ2v) is 6.25. The maximum atomic E-state index is 11.4. The van der Waals surface area contributed by atoms with Gasteiger partial charge in [-0.05, 0) is 34.6 Å². The minimum Gasteiger partial charge on any atom is -0.444 e. The second kappa shape index (κ2) is 10.9. The zero-order valence-electron chi connectivity index (χ0n) is 14.7. The Morgan fingerprint density at radius 1 is 1.05 bits per heavy atom. The zero-order chi connectivity index (χ0) is 16.5. The second-order valence-electron chi connectivity index (χ2n) is 6.25. The fourth-order valence-electron chi connectivity index (χ4n) is 1.25. The van der Waals surface area contributed by atoms with Crippen molar-refractivity contribution in [1.29, 1.82) is 0 Å². The van der Waals surface area contributed by atoms with Crippen molar-refractivity contribution in [2.45, 2.75) is 45.8 Å². The maximum Gasteiger partial charge on any atom is 0.407 e. The highest BCUT2D eigenvalue weighted by Crippen LogP contribution is 2.06. The molecule has 0 bridgehead atoms. The molecule has 0 fully saturated rings. The normalized spacial score (nSPS) is 12.2. The molecule has 0 heterocycles. The van der Waals surface area contributed by atoms with Gasteiger partial charge in [0.1, 0.15) is 5.60 Å². The van der Waals surface area contributed by atoms with Crippen LogP contribution in [0.3, 0.4) is 0 Å². The van der Waals surface area contributed by atoms with Crippen LogP contribution in [-0.2, 0) is 9.47 Å². The van der Waals surface area contributed by atoms with Gasteiger partial charge in [-0.3, -0.25) is 4.99 Å². The fourth-order valence-corrected chi connectivity index (χ4v) is 1.25. The fraction of sp³-hybridized carbons (Fsp3) is 0.857. The Morgan fingerprint density at radius 2 is 1.59 bits per heavy atom. The number of rotatable bonds is 6. The van der Waals surface area contributed by atoms with Crippen LogP contribution in [0, 0.1) is 0 Å². The number of hydrogen-bond acceptors (Lipinski definition) is 4. The van der Waals surface area contributed by atoms with Crippen molar-refractivity contribution in [3.63, 3.8) is 0 Å². The number of ether oxygens (including phenoxy) is 2. The van der Waals surface area contributed by atoms with Gasteiger partial charge in [-0.2, -0.15) is 0 Å². The third kappa shape index (κ3) is 12.9. The van der Waals surface area contributed by atoms with Crippen LogP contribution < -0.4 is 16.0 Å². The molecule has 7 nitrogen and oxygen atoms in total. The van der Waals surface area contributed by atoms with E-state index in [0.29, 0.717) is 25.6 Å². The lowest BCUT2D eigenvalue weighted by atomic mass is 10.1. The molecular formula is C14H31IN4O3. The predicted octanol–water partition coefficient (Wildman–Crippen LogP) is 1.72. The summed E-state index contributed by atoms with van der Waals surface area (Å²) in [6.07, 6.45) is -0.423. The molecular weight excluding hydrogens is 399 g/mol. The molecule has 0 aromatic rings. The highest BCUT2D eigenvalue weighted by atomic mass is 127. The van der Waals surface area contributed by atoms with Gasteiger partial charge in [0.25, 0.3) is 0 Å². The van der Waals surface area contributed by atoms with Crippen LogP contribution in [0.4, 0.5) is 4.79 Å². The van der Waals surface area contributed by atoms with Crippen molar-refractivity contribution in [3.05, 3.63) is 0 Å². The molecule has 0 aromatic heterocycles. The standard InChI is InChI=1S/C14H30N4O3.HI/c1-13(2,3)21-12(19)17-9-8-16-11(15-6)18-10-14(4,5)20-7;/h8-10H2,1-7H3,(H,17,19)(H2,15,16,18);1H. The number of carbonyl (C=O) groups is 1. The van der Waals surface area contributed by atoms with Gasteiger partial charge in [-0.25, -0.2) is 4.79 Å². The monoisotopic (exact) mass is 430 g/mol. The number of hydrogen-bond donors (Lipinski definition) is 3. The van der Waals surface area contributed by atoms with E-state index in [4.69, 9.17) is 9.47 Å². The smallest absolute Gasteiger partial charge is 0.407 e. The Morgan fingerprint density at radius 3 is 2.05 bits per heavy atom. The van der Waals surface area contributed by atoms with Crippen LogP contribution in [0.25, 0.3) is 0 Å². The molecule has 22 heavy (non-hydrogen) atoms. The van der Waals surface area contributed by atoms with E-state index in [1.165, 1.54) is 0 Å². The maximum absolute atomic E-state index is 11.4. The summed E-state index contributed by atoms with van der Waals surface area (Å²) in [5.74, 6) is 0.658. The van der Waals surface area contributed by atoms with E-state index in [1.54, 1.807) is 14.2 Å². The van der Waals surface area contributed by atoms with E-state index in [1.807, 2.05) is 34.6 Å². The Hall–Kier alpha value is -0.770. The number of aliphatic imine (C=N–C) groups is 1. The van der Waals surface area contributed by atoms with Crippen LogP contribution in [0.1, 0.15) is 34.6 Å². The Labute approximate surface area is 151 Å². The molecule has 0 aliphatic carbocycles. The van der Waals surface area contributed by atoms with Crippen molar-refractivity contribution in [2.24, 2.45) is 4.99 Å². The molecule has 132 valence electrons. The van der Waals surface area contributed by atoms with Gasteiger partial charge in [0.15, 0.2) is 5.96 Å². The minimum absolute atomic E-state index is 0. The van der Waals surface area contributed by atoms with Crippen molar-refractivity contribution in [3.8, 4) is 0 Å². The summed E-state index contributed by atoms with van der Waals surface area (Å²) in [6.45, 7) is 11.1. The lowest BCUT2D eigenvalue weighted by Gasteiger charge is -2.24. The first-order valence-electron chi connectivity index (χ1n) is 7.06. The number of alkyl carbamates (subject to hydrolysis) is 1. The Balaban J connectivity index is 0. The first-order chi connectivity index (χ1) is 9.59. The first-order valence-corrected chi connectivity index (χ1v) is 7.06. The molecule has 3 N–H and O–H groups in total. The molecule has 0 radical (unpaired) electrons. The van der Waals surface area contributed by atoms with Crippen LogP contribution in [0.5, 0.6) is 0 Å². The summed E-state index contributed by atoms with van der Waals surface area (Å²) >= 11 is 0. The van der Waals surface area contributed by atoms with Gasteiger partial charge in [-0.1, -0.05) is 0 Å². The van der Waals surface area contributed by atoms with Gasteiger partial charge in [-0.15, -0.1) is 24.0 Å². The van der Waals surface area contributed by atoms with Gasteiger partial charge in [0.2, 0.25) is 0 Å². The molecule has 0 aliphatic heterocycles. The molecule has 0 spiro atoms. The third-order valence-electron chi connectivity index (χ3n) is 2.54. The summed E-state index contributed by atoms with van der Waals surface area (Å²) in [5, 5.41) is 8.93. The van der Waals surface area contributed by atoms with Crippen molar-refractivity contribution < 1.29 is 14.3 Å². The Kier molecular flexibility index (Phi) is 11.6. The number of halogens is 1. The van der Waals surface area contributed by atoms with Crippen molar-refractivity contribution in [2.75, 3.05) is 33.8 Å². The van der Waals surface area contributed by atoms with Crippen molar-refractivity contribution >= 4 is 36.0 Å². The van der Waals surface area contributed by atoms with E-state index >= 15 is 0 Å². The number of amides is 1. The lowest BCUT2D eigenvalue weighted by molar-refractivity contribution is 0.0268. The number of nitrogens with zero attached hydrogens (tertiary/aromatic N) is 1. The third-order valence-corrected chi connectivity index (χ3v) is 2.54. The van der Waals surface area contributed by atoms with Crippen molar-refractivity contribution in [1.82, 2.24) is 16.0 Å². The summed E-state index contributed by atoms with van der Waals surface area (Å²) in [6, 6.07) is 0. The molecule has 0 aromatic carbocycles. The molecule has 0 unspecified atom stereocenters. The van der Waals surface area contributed by atoms with Gasteiger partial charge >= 0.3 is 6.09 Å². The number of guanidine groups is 1. The van der Waals surface area contributed by atoms with Gasteiger partial charge < -0.3 is 25.4 Å². The predicted molar refractivity (Wildman–Crippen MR) is 100 cm³/mol. The number of methoxy groups -OCH3 is 1. The average molecular weight is 430 g/mol. The van der Waals surface area contributed by atoms with Crippen LogP contribution in [-0.4, -0.2) is 57.0 Å². The van der Waals surface area contributed by atoms with Crippen LogP contribution in [0.15, 0.2) is 4.99 Å². The number of carbonyl (C=O) groups excluding carboxylic acids is 1. The van der Waals surface area contributed by atoms with Crippen LogP contribution >= 0.6 is 24.0 Å². The highest BCUT2D eigenvalue weighted by molar-refractivity contribution is 14.0. The van der Waals surface area contributed by atoms with E-state index < -0.39 is 11.7 Å². The lowest BCUT2D eigenvalue weighted by Crippen LogP contribution is -2.47. The molecule has 0 aliphatic rings. The zero-order valence-corrected chi connectivity index (χ0v) is 17.0. The van der Waals surface area contributed by atoms with Gasteiger partial charge in [0.05, 0.1) is 5.60 Å². The molecule has 0 saturated heterocycles. The average Bonchev–Trinajstić information content (AvgIpc) is 2.36. The molecule has 1 amide bonds. The minimum atomic E-state index is -0.485. The summed E-state index contributed by atoms with van der Waals surface area (Å²) < 4.78 is 10.5. The summed E-state index contributed by atoms with van der Waals surface area (Å²) in [5.41, 5.74) is -0.757. The molecule has 8 heteroatoms. The van der Waals surface area contributed by atoms with E-state index in [9.17, 15) is 4.79 Å². The highest BCUT2D eigenvalue weighted by Gasteiger charge is 2.17. The summed E-state index contributed by atoms with van der Waals surface area (Å²) in [4.78, 5) is 15.5. The van der Waals surface area contributed by atoms with E-state index in [2.05, 4.69) is 20.9 Å². The van der Waals surface area contributed by atoms with E-state index in [-0.39, 0.29) is 29.6 Å². The number of nitrogens with one attached hydrogen (secondary N) is 3. The van der Waals surface area contributed by atoms with E-state index in [0.717, 1.165) is 0 Å². The molecule has 0 rings (SSSR count). The Bertz CT molecular complexity index is 354. The quantitative estimate of drug-likeness (QED) is 0.259. The molecule has 0 saturated carbocycles. The molecule has 0 atom stereocenters.